The smallest absolute Gasteiger partial charge is 0.0598 e. The molecule has 0 radical (unpaired) electrons. The van der Waals surface area contributed by atoms with E-state index in [9.17, 15) is 0 Å². The summed E-state index contributed by atoms with van der Waals surface area (Å²) in [5.41, 5.74) is 5.83. The molecule has 0 aliphatic rings. The van der Waals surface area contributed by atoms with E-state index in [4.69, 9.17) is 4.74 Å². The van der Waals surface area contributed by atoms with Crippen LogP contribution in [0, 0.1) is 0 Å². The van der Waals surface area contributed by atoms with E-state index in [0.717, 1.165) is 38.7 Å². The minimum atomic E-state index is -0.0169. The normalized spacial score (nSPS) is 13.1. The maximum atomic E-state index is 5.81. The molecule has 1 nitrogen and oxygen atoms in total. The Bertz CT molecular complexity index is 769. The first kappa shape index (κ1) is 26.1. The summed E-state index contributed by atoms with van der Waals surface area (Å²) < 4.78 is 5.81. The molecule has 2 aromatic carbocycles. The van der Waals surface area contributed by atoms with Crippen LogP contribution in [0.15, 0.2) is 84.0 Å². The fourth-order valence-electron chi connectivity index (χ4n) is 4.03. The van der Waals surface area contributed by atoms with Crippen LogP contribution in [0.5, 0.6) is 0 Å². The fourth-order valence-corrected chi connectivity index (χ4v) is 4.03. The molecule has 0 atom stereocenters. The molecular weight excluding hydrogens is 388 g/mol. The van der Waals surface area contributed by atoms with Gasteiger partial charge < -0.3 is 4.74 Å². The van der Waals surface area contributed by atoms with Crippen LogP contribution in [0.1, 0.15) is 96.6 Å². The van der Waals surface area contributed by atoms with E-state index >= 15 is 0 Å². The second kappa shape index (κ2) is 14.1. The molecule has 0 saturated heterocycles. The Morgan fingerprint density at radius 2 is 1.28 bits per heavy atom. The Balaban J connectivity index is 1.75. The van der Waals surface area contributed by atoms with Crippen LogP contribution < -0.4 is 0 Å². The highest BCUT2D eigenvalue weighted by atomic mass is 16.5. The molecule has 0 saturated carbocycles. The van der Waals surface area contributed by atoms with E-state index < -0.39 is 0 Å². The fraction of sp³-hybridized carbons (Fsp3) is 0.484. The Morgan fingerprint density at radius 1 is 0.750 bits per heavy atom. The van der Waals surface area contributed by atoms with Crippen LogP contribution >= 0.6 is 0 Å². The molecule has 0 unspecified atom stereocenters. The third kappa shape index (κ3) is 11.0. The van der Waals surface area contributed by atoms with Crippen molar-refractivity contribution in [2.45, 2.75) is 91.1 Å². The van der Waals surface area contributed by atoms with Gasteiger partial charge in [-0.25, -0.2) is 0 Å². The maximum absolute atomic E-state index is 5.81. The van der Waals surface area contributed by atoms with Gasteiger partial charge in [-0.05, 0) is 90.7 Å². The number of hydrogen-bond acceptors (Lipinski definition) is 1. The highest BCUT2D eigenvalue weighted by Crippen LogP contribution is 2.29. The predicted octanol–water partition coefficient (Wildman–Crippen LogP) is 9.26. The monoisotopic (exact) mass is 432 g/mol. The highest BCUT2D eigenvalue weighted by molar-refractivity contribution is 5.32. The molecule has 32 heavy (non-hydrogen) atoms. The van der Waals surface area contributed by atoms with E-state index in [1.807, 2.05) is 0 Å². The van der Waals surface area contributed by atoms with Crippen molar-refractivity contribution in [2.24, 2.45) is 0 Å². The molecule has 2 rings (SSSR count). The summed E-state index contributed by atoms with van der Waals surface area (Å²) in [7, 11) is 0. The third-order valence-corrected chi connectivity index (χ3v) is 5.88. The summed E-state index contributed by atoms with van der Waals surface area (Å²) in [6.45, 7) is 11.8. The number of allylic oxidation sites excluding steroid dienone is 4. The molecule has 0 N–H and O–H groups in total. The van der Waals surface area contributed by atoms with Crippen molar-refractivity contribution in [1.82, 2.24) is 0 Å². The largest absolute Gasteiger partial charge is 0.376 e. The van der Waals surface area contributed by atoms with Crippen LogP contribution in [-0.2, 0) is 4.74 Å². The molecule has 0 amide bonds. The molecule has 0 bridgehead atoms. The van der Waals surface area contributed by atoms with Crippen molar-refractivity contribution < 1.29 is 4.74 Å². The van der Waals surface area contributed by atoms with Gasteiger partial charge in [-0.3, -0.25) is 0 Å². The number of ether oxygens (including phenoxy) is 1. The van der Waals surface area contributed by atoms with Gasteiger partial charge in [0.1, 0.15) is 0 Å². The number of benzene rings is 2. The lowest BCUT2D eigenvalue weighted by molar-refractivity contribution is -0.00451. The van der Waals surface area contributed by atoms with Crippen molar-refractivity contribution in [1.29, 1.82) is 0 Å². The van der Waals surface area contributed by atoms with Crippen LogP contribution in [-0.4, -0.2) is 12.2 Å². The predicted molar refractivity (Wildman–Crippen MR) is 140 cm³/mol. The lowest BCUT2D eigenvalue weighted by Crippen LogP contribution is -2.19. The van der Waals surface area contributed by atoms with Gasteiger partial charge in [-0.15, -0.1) is 0 Å². The SMILES string of the molecule is C/C(=C\CCC(c1ccccc1)c1ccccc1)CC/C=C(\C)CCCCOC(C)(C)C. The zero-order chi connectivity index (χ0) is 23.2. The quantitative estimate of drug-likeness (QED) is 0.226. The van der Waals surface area contributed by atoms with Gasteiger partial charge in [0.05, 0.1) is 5.60 Å². The Morgan fingerprint density at radius 3 is 1.84 bits per heavy atom. The third-order valence-electron chi connectivity index (χ3n) is 5.88. The van der Waals surface area contributed by atoms with Gasteiger partial charge >= 0.3 is 0 Å². The Hall–Kier alpha value is -2.12. The molecule has 174 valence electrons. The molecule has 2 aromatic rings. The van der Waals surface area contributed by atoms with Crippen LogP contribution in [0.3, 0.4) is 0 Å². The van der Waals surface area contributed by atoms with E-state index in [1.165, 1.54) is 35.1 Å². The van der Waals surface area contributed by atoms with Crippen LogP contribution in [0.2, 0.25) is 0 Å². The van der Waals surface area contributed by atoms with Crippen molar-refractivity contribution in [2.75, 3.05) is 6.61 Å². The molecule has 0 aromatic heterocycles. The first-order chi connectivity index (χ1) is 15.3. The molecule has 0 aliphatic carbocycles. The lowest BCUT2D eigenvalue weighted by atomic mass is 9.87. The molecule has 0 heterocycles. The number of unbranched alkanes of at least 4 members (excludes halogenated alkanes) is 1. The highest BCUT2D eigenvalue weighted by Gasteiger charge is 2.12. The van der Waals surface area contributed by atoms with E-state index in [2.05, 4.69) is 107 Å². The summed E-state index contributed by atoms with van der Waals surface area (Å²) in [6.07, 6.45) is 13.0. The van der Waals surface area contributed by atoms with Crippen LogP contribution in [0.4, 0.5) is 0 Å². The first-order valence-electron chi connectivity index (χ1n) is 12.4. The molecule has 1 heteroatoms. The van der Waals surface area contributed by atoms with Crippen molar-refractivity contribution in [3.8, 4) is 0 Å². The van der Waals surface area contributed by atoms with Gasteiger partial charge in [0.15, 0.2) is 0 Å². The van der Waals surface area contributed by atoms with Gasteiger partial charge in [0.2, 0.25) is 0 Å². The minimum Gasteiger partial charge on any atom is -0.376 e. The standard InChI is InChI=1S/C31H44O/c1-26(16-12-13-25-32-31(3,4)5)17-14-18-27(2)19-15-24-30(28-20-8-6-9-21-28)29-22-10-7-11-23-29/h6-11,17,19-23,30H,12-16,18,24-25H2,1-5H3/b26-17+,27-19+. The van der Waals surface area contributed by atoms with Crippen molar-refractivity contribution in [3.05, 3.63) is 95.1 Å². The number of hydrogen-bond donors (Lipinski definition) is 0. The summed E-state index contributed by atoms with van der Waals surface area (Å²) in [4.78, 5) is 0. The molecule has 0 fully saturated rings. The maximum Gasteiger partial charge on any atom is 0.0598 e. The van der Waals surface area contributed by atoms with Gasteiger partial charge in [-0.1, -0.05) is 84.0 Å². The average molecular weight is 433 g/mol. The van der Waals surface area contributed by atoms with Crippen LogP contribution in [0.25, 0.3) is 0 Å². The topological polar surface area (TPSA) is 9.23 Å². The molecule has 0 aliphatic heterocycles. The number of rotatable bonds is 13. The van der Waals surface area contributed by atoms with Gasteiger partial charge in [-0.2, -0.15) is 0 Å². The van der Waals surface area contributed by atoms with Gasteiger partial charge in [0, 0.05) is 12.5 Å². The summed E-state index contributed by atoms with van der Waals surface area (Å²) in [5, 5.41) is 0. The first-order valence-corrected chi connectivity index (χ1v) is 12.4. The summed E-state index contributed by atoms with van der Waals surface area (Å²) in [5.74, 6) is 0.464. The van der Waals surface area contributed by atoms with E-state index in [1.54, 1.807) is 0 Å². The second-order valence-corrected chi connectivity index (χ2v) is 10.0. The average Bonchev–Trinajstić information content (AvgIpc) is 2.77. The lowest BCUT2D eigenvalue weighted by Gasteiger charge is -2.19. The Kier molecular flexibility index (Phi) is 11.5. The summed E-state index contributed by atoms with van der Waals surface area (Å²) >= 11 is 0. The molecular formula is C31H44O. The molecule has 0 spiro atoms. The summed E-state index contributed by atoms with van der Waals surface area (Å²) in [6, 6.07) is 21.9. The van der Waals surface area contributed by atoms with E-state index in [0.29, 0.717) is 5.92 Å². The minimum absolute atomic E-state index is 0.0169. The Labute approximate surface area is 197 Å². The zero-order valence-corrected chi connectivity index (χ0v) is 21.1. The zero-order valence-electron chi connectivity index (χ0n) is 21.1. The van der Waals surface area contributed by atoms with Crippen molar-refractivity contribution in [3.63, 3.8) is 0 Å². The second-order valence-electron chi connectivity index (χ2n) is 10.0. The van der Waals surface area contributed by atoms with E-state index in [-0.39, 0.29) is 5.60 Å². The van der Waals surface area contributed by atoms with Crippen molar-refractivity contribution >= 4 is 0 Å². The van der Waals surface area contributed by atoms with Gasteiger partial charge in [0.25, 0.3) is 0 Å².